The fourth-order valence-electron chi connectivity index (χ4n) is 2.37. The second kappa shape index (κ2) is 8.25. The Morgan fingerprint density at radius 3 is 2.71 bits per heavy atom. The topological polar surface area (TPSA) is 120 Å². The highest BCUT2D eigenvalue weighted by molar-refractivity contribution is 5.91. The average molecular weight is 386 g/mol. The fourth-order valence-corrected chi connectivity index (χ4v) is 2.37. The van der Waals surface area contributed by atoms with Gasteiger partial charge in [-0.3, -0.25) is 14.9 Å². The number of aryl methyl sites for hydroxylation is 1. The number of amides is 1. The van der Waals surface area contributed by atoms with Gasteiger partial charge < -0.3 is 14.6 Å². The van der Waals surface area contributed by atoms with Gasteiger partial charge in [-0.2, -0.15) is 4.98 Å². The minimum Gasteiger partial charge on any atom is -0.497 e. The van der Waals surface area contributed by atoms with E-state index in [2.05, 4.69) is 15.5 Å². The molecule has 28 heavy (non-hydrogen) atoms. The quantitative estimate of drug-likeness (QED) is 0.488. The van der Waals surface area contributed by atoms with Gasteiger partial charge in [0.2, 0.25) is 17.6 Å². The number of rotatable bonds is 7. The number of nitro benzene ring substituents is 1. The van der Waals surface area contributed by atoms with Crippen LogP contribution in [0.15, 0.2) is 47.0 Å². The van der Waals surface area contributed by atoms with E-state index in [1.165, 1.54) is 0 Å². The van der Waals surface area contributed by atoms with Crippen molar-refractivity contribution in [1.29, 1.82) is 0 Å². The molecule has 0 saturated carbocycles. The zero-order valence-corrected chi connectivity index (χ0v) is 14.7. The van der Waals surface area contributed by atoms with Gasteiger partial charge in [-0.25, -0.2) is 4.39 Å². The highest BCUT2D eigenvalue weighted by atomic mass is 19.1. The van der Waals surface area contributed by atoms with Crippen molar-refractivity contribution in [2.45, 2.75) is 12.8 Å². The Labute approximate surface area is 158 Å². The first-order valence-electron chi connectivity index (χ1n) is 8.17. The summed E-state index contributed by atoms with van der Waals surface area (Å²) < 4.78 is 23.9. The number of aromatic nitrogens is 2. The number of anilines is 1. The molecule has 0 bridgehead atoms. The molecule has 1 N–H and O–H groups in total. The maximum atomic E-state index is 13.7. The lowest BCUT2D eigenvalue weighted by Crippen LogP contribution is -2.13. The van der Waals surface area contributed by atoms with E-state index in [0.29, 0.717) is 11.6 Å². The van der Waals surface area contributed by atoms with Crippen LogP contribution in [-0.4, -0.2) is 28.1 Å². The van der Waals surface area contributed by atoms with E-state index >= 15 is 0 Å². The third-order valence-corrected chi connectivity index (χ3v) is 3.82. The lowest BCUT2D eigenvalue weighted by Gasteiger charge is -2.05. The summed E-state index contributed by atoms with van der Waals surface area (Å²) in [5.74, 6) is -0.0112. The number of methoxy groups -OCH3 is 1. The molecule has 3 rings (SSSR count). The number of ether oxygens (including phenoxy) is 1. The molecule has 1 heterocycles. The van der Waals surface area contributed by atoms with Crippen LogP contribution in [0.2, 0.25) is 0 Å². The lowest BCUT2D eigenvalue weighted by molar-refractivity contribution is -0.384. The van der Waals surface area contributed by atoms with Gasteiger partial charge in [-0.05, 0) is 30.3 Å². The van der Waals surface area contributed by atoms with Crippen molar-refractivity contribution in [1.82, 2.24) is 10.1 Å². The maximum absolute atomic E-state index is 13.7. The van der Waals surface area contributed by atoms with Crippen LogP contribution >= 0.6 is 0 Å². The molecule has 0 aliphatic carbocycles. The average Bonchev–Trinajstić information content (AvgIpc) is 3.17. The van der Waals surface area contributed by atoms with Crippen molar-refractivity contribution in [3.8, 4) is 17.1 Å². The molecule has 2 aromatic carbocycles. The lowest BCUT2D eigenvalue weighted by atomic mass is 10.2. The number of nitrogens with one attached hydrogen (secondary N) is 1. The molecule has 1 aromatic heterocycles. The van der Waals surface area contributed by atoms with E-state index in [0.717, 1.165) is 23.8 Å². The molecule has 0 radical (unpaired) electrons. The summed E-state index contributed by atoms with van der Waals surface area (Å²) in [4.78, 5) is 26.3. The van der Waals surface area contributed by atoms with E-state index in [9.17, 15) is 19.3 Å². The second-order valence-corrected chi connectivity index (χ2v) is 5.71. The Kier molecular flexibility index (Phi) is 5.58. The fraction of sp³-hybridized carbons (Fsp3) is 0.167. The Morgan fingerprint density at radius 2 is 2.04 bits per heavy atom. The number of carbonyl (C=O) groups is 1. The molecule has 0 spiro atoms. The van der Waals surface area contributed by atoms with Crippen LogP contribution in [0, 0.1) is 15.9 Å². The largest absolute Gasteiger partial charge is 0.497 e. The first-order valence-corrected chi connectivity index (χ1v) is 8.17. The molecular formula is C18H15FN4O5. The highest BCUT2D eigenvalue weighted by Crippen LogP contribution is 2.22. The highest BCUT2D eigenvalue weighted by Gasteiger charge is 2.15. The van der Waals surface area contributed by atoms with Crippen molar-refractivity contribution in [2.75, 3.05) is 12.4 Å². The Bertz CT molecular complexity index is 1000. The monoisotopic (exact) mass is 386 g/mol. The van der Waals surface area contributed by atoms with Gasteiger partial charge in [0.05, 0.1) is 17.7 Å². The first kappa shape index (κ1) is 19.0. The van der Waals surface area contributed by atoms with Crippen molar-refractivity contribution in [3.63, 3.8) is 0 Å². The molecular weight excluding hydrogens is 371 g/mol. The molecule has 9 nitrogen and oxygen atoms in total. The minimum atomic E-state index is -0.765. The van der Waals surface area contributed by atoms with Gasteiger partial charge in [-0.15, -0.1) is 0 Å². The molecule has 0 atom stereocenters. The number of non-ortho nitro benzene ring substituents is 1. The number of hydrogen-bond acceptors (Lipinski definition) is 7. The number of nitro groups is 1. The minimum absolute atomic E-state index is 0.0631. The van der Waals surface area contributed by atoms with Gasteiger partial charge in [0, 0.05) is 30.5 Å². The SMILES string of the molecule is COc1ccc(-c2noc(CCC(=O)Nc3cc([N+](=O)[O-])ccc3F)n2)cc1. The van der Waals surface area contributed by atoms with Crippen LogP contribution in [0.5, 0.6) is 5.75 Å². The summed E-state index contributed by atoms with van der Waals surface area (Å²) in [5.41, 5.74) is 0.139. The van der Waals surface area contributed by atoms with Crippen LogP contribution < -0.4 is 10.1 Å². The Balaban J connectivity index is 1.60. The van der Waals surface area contributed by atoms with Gasteiger partial charge in [0.1, 0.15) is 11.6 Å². The van der Waals surface area contributed by atoms with E-state index < -0.39 is 16.6 Å². The number of hydrogen-bond donors (Lipinski definition) is 1. The van der Waals surface area contributed by atoms with E-state index in [1.54, 1.807) is 31.4 Å². The Morgan fingerprint density at radius 1 is 1.29 bits per heavy atom. The third-order valence-electron chi connectivity index (χ3n) is 3.82. The molecule has 0 aliphatic rings. The van der Waals surface area contributed by atoms with E-state index in [4.69, 9.17) is 9.26 Å². The molecule has 0 fully saturated rings. The summed E-state index contributed by atoms with van der Waals surface area (Å²) in [5, 5.41) is 16.9. The van der Waals surface area contributed by atoms with Crippen molar-refractivity contribution >= 4 is 17.3 Å². The smallest absolute Gasteiger partial charge is 0.271 e. The summed E-state index contributed by atoms with van der Waals surface area (Å²) >= 11 is 0. The van der Waals surface area contributed by atoms with Gasteiger partial charge >= 0.3 is 0 Å². The molecule has 10 heteroatoms. The second-order valence-electron chi connectivity index (χ2n) is 5.71. The molecule has 0 saturated heterocycles. The van der Waals surface area contributed by atoms with E-state index in [1.807, 2.05) is 0 Å². The molecule has 1 amide bonds. The van der Waals surface area contributed by atoms with Gasteiger partial charge in [0.15, 0.2) is 0 Å². The normalized spacial score (nSPS) is 10.5. The van der Waals surface area contributed by atoms with E-state index in [-0.39, 0.29) is 30.1 Å². The molecule has 3 aromatic rings. The Hall–Kier alpha value is -3.82. The number of nitrogens with zero attached hydrogens (tertiary/aromatic N) is 3. The van der Waals surface area contributed by atoms with Crippen LogP contribution in [0.4, 0.5) is 15.8 Å². The predicted octanol–water partition coefficient (Wildman–Crippen LogP) is 3.36. The standard InChI is InChI=1S/C18H15FN4O5/c1-27-13-5-2-11(3-6-13)18-21-17(28-22-18)9-8-16(24)20-15-10-12(23(25)26)4-7-14(15)19/h2-7,10H,8-9H2,1H3,(H,20,24). The zero-order valence-electron chi connectivity index (χ0n) is 14.7. The van der Waals surface area contributed by atoms with Crippen LogP contribution in [0.1, 0.15) is 12.3 Å². The number of benzene rings is 2. The van der Waals surface area contributed by atoms with Crippen LogP contribution in [0.3, 0.4) is 0 Å². The molecule has 144 valence electrons. The summed E-state index contributed by atoms with van der Waals surface area (Å²) in [7, 11) is 1.56. The first-order chi connectivity index (χ1) is 13.5. The summed E-state index contributed by atoms with van der Waals surface area (Å²) in [6.07, 6.45) is 0.0674. The molecule has 0 unspecified atom stereocenters. The maximum Gasteiger partial charge on any atom is 0.271 e. The van der Waals surface area contributed by atoms with Gasteiger partial charge in [-0.1, -0.05) is 5.16 Å². The predicted molar refractivity (Wildman–Crippen MR) is 96.3 cm³/mol. The number of halogens is 1. The van der Waals surface area contributed by atoms with Crippen LogP contribution in [-0.2, 0) is 11.2 Å². The van der Waals surface area contributed by atoms with Crippen molar-refractivity contribution in [2.24, 2.45) is 0 Å². The molecule has 0 aliphatic heterocycles. The zero-order chi connectivity index (χ0) is 20.1. The number of carbonyl (C=O) groups excluding carboxylic acids is 1. The van der Waals surface area contributed by atoms with Crippen LogP contribution in [0.25, 0.3) is 11.4 Å². The third kappa shape index (κ3) is 4.47. The van der Waals surface area contributed by atoms with Crippen molar-refractivity contribution < 1.29 is 23.4 Å². The summed E-state index contributed by atoms with van der Waals surface area (Å²) in [6, 6.07) is 9.95. The van der Waals surface area contributed by atoms with Gasteiger partial charge in [0.25, 0.3) is 5.69 Å². The summed E-state index contributed by atoms with van der Waals surface area (Å²) in [6.45, 7) is 0. The van der Waals surface area contributed by atoms with Crippen molar-refractivity contribution in [3.05, 3.63) is 64.3 Å².